The van der Waals surface area contributed by atoms with Crippen molar-refractivity contribution < 1.29 is 24.4 Å². The molecule has 27 heavy (non-hydrogen) atoms. The van der Waals surface area contributed by atoms with Crippen LogP contribution in [-0.4, -0.2) is 62.1 Å². The first-order chi connectivity index (χ1) is 13.1. The third kappa shape index (κ3) is 14.5. The molecule has 0 bridgehead atoms. The molecule has 4 atom stereocenters. The van der Waals surface area contributed by atoms with Crippen molar-refractivity contribution in [2.75, 3.05) is 39.6 Å². The Morgan fingerprint density at radius 2 is 1.04 bits per heavy atom. The van der Waals surface area contributed by atoms with Crippen LogP contribution in [0.5, 0.6) is 0 Å². The fourth-order valence-corrected chi connectivity index (χ4v) is 3.07. The number of hydrogen-bond donors (Lipinski definition) is 2. The van der Waals surface area contributed by atoms with E-state index in [1.54, 1.807) is 0 Å². The lowest BCUT2D eigenvalue weighted by Crippen LogP contribution is -2.35. The molecule has 0 aliphatic heterocycles. The van der Waals surface area contributed by atoms with Crippen molar-refractivity contribution in [2.45, 2.75) is 91.3 Å². The summed E-state index contributed by atoms with van der Waals surface area (Å²) in [4.78, 5) is 0. The SMILES string of the molecule is CCCCC(CC)COCC(CO)OC(CO)COCC(CC)CCCC. The maximum Gasteiger partial charge on any atom is 0.104 e. The van der Waals surface area contributed by atoms with Gasteiger partial charge >= 0.3 is 0 Å². The fourth-order valence-electron chi connectivity index (χ4n) is 3.07. The predicted molar refractivity (Wildman–Crippen MR) is 111 cm³/mol. The number of unbranched alkanes of at least 4 members (excludes halogenated alkanes) is 2. The van der Waals surface area contributed by atoms with Crippen molar-refractivity contribution in [3.05, 3.63) is 0 Å². The Labute approximate surface area is 167 Å². The number of aliphatic hydroxyl groups is 2. The van der Waals surface area contributed by atoms with Gasteiger partial charge < -0.3 is 24.4 Å². The van der Waals surface area contributed by atoms with E-state index in [1.807, 2.05) is 0 Å². The van der Waals surface area contributed by atoms with Crippen LogP contribution in [0, 0.1) is 11.8 Å². The van der Waals surface area contributed by atoms with Crippen LogP contribution in [0.2, 0.25) is 0 Å². The Hall–Kier alpha value is -0.200. The van der Waals surface area contributed by atoms with Crippen molar-refractivity contribution in [3.63, 3.8) is 0 Å². The number of ether oxygens (including phenoxy) is 3. The lowest BCUT2D eigenvalue weighted by Gasteiger charge is -2.24. The van der Waals surface area contributed by atoms with Crippen molar-refractivity contribution in [3.8, 4) is 0 Å². The average molecular weight is 391 g/mol. The maximum absolute atomic E-state index is 9.56. The van der Waals surface area contributed by atoms with Gasteiger partial charge in [0.05, 0.1) is 26.4 Å². The van der Waals surface area contributed by atoms with Gasteiger partial charge in [-0.2, -0.15) is 0 Å². The van der Waals surface area contributed by atoms with Crippen molar-refractivity contribution in [1.82, 2.24) is 0 Å². The molecule has 0 aromatic carbocycles. The molecule has 5 heteroatoms. The monoisotopic (exact) mass is 390 g/mol. The lowest BCUT2D eigenvalue weighted by atomic mass is 10.0. The van der Waals surface area contributed by atoms with E-state index in [9.17, 15) is 10.2 Å². The zero-order valence-electron chi connectivity index (χ0n) is 18.3. The molecular formula is C22H46O5. The molecular weight excluding hydrogens is 344 g/mol. The Kier molecular flexibility index (Phi) is 19.0. The van der Waals surface area contributed by atoms with Crippen molar-refractivity contribution in [2.24, 2.45) is 11.8 Å². The minimum absolute atomic E-state index is 0.115. The molecule has 0 aliphatic carbocycles. The molecule has 0 spiro atoms. The molecule has 5 nitrogen and oxygen atoms in total. The molecule has 0 aromatic rings. The highest BCUT2D eigenvalue weighted by molar-refractivity contribution is 4.64. The average Bonchev–Trinajstić information content (AvgIpc) is 2.70. The molecule has 0 saturated heterocycles. The van der Waals surface area contributed by atoms with E-state index >= 15 is 0 Å². The van der Waals surface area contributed by atoms with E-state index in [2.05, 4.69) is 27.7 Å². The van der Waals surface area contributed by atoms with Gasteiger partial charge in [0.2, 0.25) is 0 Å². The van der Waals surface area contributed by atoms with E-state index < -0.39 is 12.2 Å². The van der Waals surface area contributed by atoms with Crippen LogP contribution < -0.4 is 0 Å². The van der Waals surface area contributed by atoms with Crippen LogP contribution in [0.3, 0.4) is 0 Å². The Bertz CT molecular complexity index is 272. The third-order valence-corrected chi connectivity index (χ3v) is 5.19. The zero-order valence-corrected chi connectivity index (χ0v) is 18.3. The molecule has 4 unspecified atom stereocenters. The summed E-state index contributed by atoms with van der Waals surface area (Å²) in [5, 5.41) is 19.1. The second kappa shape index (κ2) is 19.1. The summed E-state index contributed by atoms with van der Waals surface area (Å²) in [6, 6.07) is 0. The van der Waals surface area contributed by atoms with E-state index in [0.717, 1.165) is 12.8 Å². The zero-order chi connectivity index (χ0) is 20.3. The summed E-state index contributed by atoms with van der Waals surface area (Å²) in [5.74, 6) is 1.13. The van der Waals surface area contributed by atoms with Gasteiger partial charge in [-0.15, -0.1) is 0 Å². The minimum atomic E-state index is -0.420. The molecule has 0 aromatic heterocycles. The summed E-state index contributed by atoms with van der Waals surface area (Å²) >= 11 is 0. The Morgan fingerprint density at radius 1 is 0.630 bits per heavy atom. The van der Waals surface area contributed by atoms with E-state index in [0.29, 0.717) is 38.3 Å². The van der Waals surface area contributed by atoms with Crippen LogP contribution >= 0.6 is 0 Å². The number of rotatable bonds is 20. The molecule has 0 aliphatic rings. The molecule has 2 N–H and O–H groups in total. The van der Waals surface area contributed by atoms with Crippen LogP contribution in [-0.2, 0) is 14.2 Å². The smallest absolute Gasteiger partial charge is 0.104 e. The van der Waals surface area contributed by atoms with Crippen LogP contribution in [0.1, 0.15) is 79.1 Å². The van der Waals surface area contributed by atoms with Crippen molar-refractivity contribution >= 4 is 0 Å². The molecule has 164 valence electrons. The van der Waals surface area contributed by atoms with Gasteiger partial charge in [-0.1, -0.05) is 66.2 Å². The second-order valence-electron chi connectivity index (χ2n) is 7.65. The second-order valence-corrected chi connectivity index (χ2v) is 7.65. The summed E-state index contributed by atoms with van der Waals surface area (Å²) in [6.07, 6.45) is 8.59. The van der Waals surface area contributed by atoms with Gasteiger partial charge in [0, 0.05) is 13.2 Å². The van der Waals surface area contributed by atoms with Crippen LogP contribution in [0.15, 0.2) is 0 Å². The van der Waals surface area contributed by atoms with E-state index in [4.69, 9.17) is 14.2 Å². The van der Waals surface area contributed by atoms with E-state index in [-0.39, 0.29) is 13.2 Å². The first-order valence-corrected chi connectivity index (χ1v) is 11.2. The third-order valence-electron chi connectivity index (χ3n) is 5.19. The first-order valence-electron chi connectivity index (χ1n) is 11.2. The summed E-state index contributed by atoms with van der Waals surface area (Å²) in [5.41, 5.74) is 0. The molecule has 0 fully saturated rings. The molecule has 0 heterocycles. The van der Waals surface area contributed by atoms with Gasteiger partial charge in [0.1, 0.15) is 12.2 Å². The van der Waals surface area contributed by atoms with Gasteiger partial charge in [0.15, 0.2) is 0 Å². The highest BCUT2D eigenvalue weighted by atomic mass is 16.6. The Morgan fingerprint density at radius 3 is 1.33 bits per heavy atom. The highest BCUT2D eigenvalue weighted by Gasteiger charge is 2.18. The molecule has 0 saturated carbocycles. The topological polar surface area (TPSA) is 68.2 Å². The standard InChI is InChI=1S/C22H46O5/c1-5-9-11-19(7-3)15-25-17-21(13-23)27-22(14-24)18-26-16-20(8-4)12-10-6-2/h19-24H,5-18H2,1-4H3. The fraction of sp³-hybridized carbons (Fsp3) is 1.00. The minimum Gasteiger partial charge on any atom is -0.394 e. The number of hydrogen-bond acceptors (Lipinski definition) is 5. The summed E-state index contributed by atoms with van der Waals surface area (Å²) in [7, 11) is 0. The Balaban J connectivity index is 4.12. The van der Waals surface area contributed by atoms with Crippen LogP contribution in [0.25, 0.3) is 0 Å². The maximum atomic E-state index is 9.56. The van der Waals surface area contributed by atoms with E-state index in [1.165, 1.54) is 38.5 Å². The van der Waals surface area contributed by atoms with Gasteiger partial charge in [0.25, 0.3) is 0 Å². The lowest BCUT2D eigenvalue weighted by molar-refractivity contribution is -0.119. The van der Waals surface area contributed by atoms with Gasteiger partial charge in [-0.3, -0.25) is 0 Å². The summed E-state index contributed by atoms with van der Waals surface area (Å²) < 4.78 is 17.4. The predicted octanol–water partition coefficient (Wildman–Crippen LogP) is 4.19. The molecule has 0 rings (SSSR count). The molecule has 0 radical (unpaired) electrons. The first kappa shape index (κ1) is 26.8. The van der Waals surface area contributed by atoms with Crippen molar-refractivity contribution in [1.29, 1.82) is 0 Å². The largest absolute Gasteiger partial charge is 0.394 e. The normalized spacial score (nSPS) is 16.2. The number of aliphatic hydroxyl groups excluding tert-OH is 2. The quantitative estimate of drug-likeness (QED) is 0.326. The molecule has 0 amide bonds. The summed E-state index contributed by atoms with van der Waals surface area (Å²) in [6.45, 7) is 10.7. The van der Waals surface area contributed by atoms with Crippen LogP contribution in [0.4, 0.5) is 0 Å². The highest BCUT2D eigenvalue weighted by Crippen LogP contribution is 2.14. The van der Waals surface area contributed by atoms with Gasteiger partial charge in [-0.05, 0) is 24.7 Å². The van der Waals surface area contributed by atoms with Gasteiger partial charge in [-0.25, -0.2) is 0 Å².